The van der Waals surface area contributed by atoms with E-state index in [-0.39, 0.29) is 0 Å². The van der Waals surface area contributed by atoms with Crippen LogP contribution in [0.25, 0.3) is 0 Å². The Morgan fingerprint density at radius 2 is 1.62 bits per heavy atom. The maximum absolute atomic E-state index is 10.4. The molecule has 0 aliphatic carbocycles. The van der Waals surface area contributed by atoms with Crippen molar-refractivity contribution >= 4 is 0 Å². The van der Waals surface area contributed by atoms with E-state index in [1.807, 2.05) is 0 Å². The minimum atomic E-state index is 0.310. The molecule has 0 saturated carbocycles. The van der Waals surface area contributed by atoms with E-state index < -0.39 is 0 Å². The molecule has 0 rings (SSSR count). The Kier molecular flexibility index (Phi) is 8.72. The fourth-order valence-corrected chi connectivity index (χ4v) is 1.25. The van der Waals surface area contributed by atoms with Crippen LogP contribution in [0.3, 0.4) is 0 Å². The zero-order chi connectivity index (χ0) is 9.94. The smallest absolute Gasteiger partial charge is 0.197 e. The highest BCUT2D eigenvalue weighted by Gasteiger charge is 1.95. The second-order valence-electron chi connectivity index (χ2n) is 3.29. The molecule has 0 radical (unpaired) electrons. The van der Waals surface area contributed by atoms with E-state index in [1.165, 1.54) is 32.1 Å². The van der Waals surface area contributed by atoms with Crippen LogP contribution in [0.15, 0.2) is 5.28 Å². The zero-order valence-corrected chi connectivity index (χ0v) is 8.41. The molecule has 4 nitrogen and oxygen atoms in total. The highest BCUT2D eigenvalue weighted by molar-refractivity contribution is 4.43. The molecule has 0 aromatic rings. The fourth-order valence-electron chi connectivity index (χ4n) is 1.25. The fraction of sp³-hybridized carbons (Fsp3) is 1.00. The van der Waals surface area contributed by atoms with Crippen LogP contribution in [0.1, 0.15) is 51.9 Å². The molecule has 0 aromatic carbocycles. The van der Waals surface area contributed by atoms with Crippen LogP contribution in [0.4, 0.5) is 0 Å². The van der Waals surface area contributed by atoms with Crippen molar-refractivity contribution in [2.75, 3.05) is 6.54 Å². The summed E-state index contributed by atoms with van der Waals surface area (Å²) >= 11 is 0. The van der Waals surface area contributed by atoms with E-state index in [1.54, 1.807) is 0 Å². The molecular formula is C9H20N2O2. The quantitative estimate of drug-likeness (QED) is 0.275. The van der Waals surface area contributed by atoms with E-state index in [0.29, 0.717) is 11.4 Å². The lowest BCUT2D eigenvalue weighted by molar-refractivity contribution is -0.556. The van der Waals surface area contributed by atoms with Crippen LogP contribution in [0.5, 0.6) is 0 Å². The first kappa shape index (κ1) is 12.2. The van der Waals surface area contributed by atoms with Crippen LogP contribution in [-0.2, 0) is 0 Å². The van der Waals surface area contributed by atoms with Crippen LogP contribution >= 0.6 is 0 Å². The molecule has 0 aliphatic rings. The molecule has 0 aliphatic heterocycles. The van der Waals surface area contributed by atoms with Gasteiger partial charge in [-0.3, -0.25) is 0 Å². The van der Waals surface area contributed by atoms with Crippen molar-refractivity contribution in [3.8, 4) is 0 Å². The van der Waals surface area contributed by atoms with Gasteiger partial charge in [0.2, 0.25) is 0 Å². The molecule has 0 aromatic heterocycles. The van der Waals surface area contributed by atoms with Crippen molar-refractivity contribution in [3.05, 3.63) is 5.21 Å². The second-order valence-corrected chi connectivity index (χ2v) is 3.29. The molecule has 13 heavy (non-hydrogen) atoms. The minimum absolute atomic E-state index is 0.310. The third-order valence-electron chi connectivity index (χ3n) is 2.05. The third kappa shape index (κ3) is 9.11. The number of unbranched alkanes of at least 4 members (excludes halogenated alkanes) is 6. The Bertz CT molecular complexity index is 138. The van der Waals surface area contributed by atoms with Crippen LogP contribution in [0.2, 0.25) is 0 Å². The summed E-state index contributed by atoms with van der Waals surface area (Å²) in [5, 5.41) is 21.0. The third-order valence-corrected chi connectivity index (χ3v) is 2.05. The molecule has 78 valence electrons. The van der Waals surface area contributed by atoms with Gasteiger partial charge in [-0.1, -0.05) is 43.9 Å². The molecule has 0 bridgehead atoms. The maximum atomic E-state index is 10.4. The minimum Gasteiger partial charge on any atom is -0.597 e. The van der Waals surface area contributed by atoms with Crippen molar-refractivity contribution in [1.29, 1.82) is 0 Å². The van der Waals surface area contributed by atoms with Gasteiger partial charge in [-0.2, -0.15) is 0 Å². The van der Waals surface area contributed by atoms with Gasteiger partial charge in [-0.05, 0) is 6.42 Å². The molecule has 0 spiro atoms. The molecule has 0 fully saturated rings. The average Bonchev–Trinajstić information content (AvgIpc) is 2.16. The van der Waals surface area contributed by atoms with Gasteiger partial charge in [-0.25, -0.2) is 0 Å². The van der Waals surface area contributed by atoms with Gasteiger partial charge in [-0.15, -0.1) is 0 Å². The predicted molar refractivity (Wildman–Crippen MR) is 50.7 cm³/mol. The Morgan fingerprint density at radius 1 is 1.08 bits per heavy atom. The predicted octanol–water partition coefficient (Wildman–Crippen LogP) is 3.09. The van der Waals surface area contributed by atoms with Gasteiger partial charge in [0, 0.05) is 6.42 Å². The number of rotatable bonds is 8. The average molecular weight is 188 g/mol. The zero-order valence-electron chi connectivity index (χ0n) is 8.41. The van der Waals surface area contributed by atoms with E-state index >= 15 is 0 Å². The first-order valence-electron chi connectivity index (χ1n) is 5.11. The summed E-state index contributed by atoms with van der Waals surface area (Å²) in [4.78, 5) is 0.325. The monoisotopic (exact) mass is 188 g/mol. The summed E-state index contributed by atoms with van der Waals surface area (Å²) in [5.74, 6) is 0. The molecular weight excluding hydrogens is 168 g/mol. The van der Waals surface area contributed by atoms with E-state index in [9.17, 15) is 5.21 Å². The van der Waals surface area contributed by atoms with Crippen LogP contribution < -0.4 is 0 Å². The van der Waals surface area contributed by atoms with Gasteiger partial charge < -0.3 is 10.4 Å². The van der Waals surface area contributed by atoms with Crippen molar-refractivity contribution in [3.63, 3.8) is 0 Å². The van der Waals surface area contributed by atoms with E-state index in [0.717, 1.165) is 12.8 Å². The summed E-state index contributed by atoms with van der Waals surface area (Å²) < 4.78 is 0. The second kappa shape index (κ2) is 9.29. The number of hydrogen-bond acceptors (Lipinski definition) is 2. The van der Waals surface area contributed by atoms with E-state index in [4.69, 9.17) is 5.21 Å². The Hall–Kier alpha value is -0.800. The summed E-state index contributed by atoms with van der Waals surface area (Å²) in [6.07, 6.45) is 8.17. The summed E-state index contributed by atoms with van der Waals surface area (Å²) in [6, 6.07) is 0. The summed E-state index contributed by atoms with van der Waals surface area (Å²) in [5.41, 5.74) is 0. The van der Waals surface area contributed by atoms with Crippen LogP contribution in [-0.4, -0.2) is 16.6 Å². The van der Waals surface area contributed by atoms with Crippen molar-refractivity contribution in [1.82, 2.24) is 0 Å². The Balaban J connectivity index is 3.00. The first-order chi connectivity index (χ1) is 6.31. The highest BCUT2D eigenvalue weighted by Crippen LogP contribution is 2.06. The molecule has 0 unspecified atom stereocenters. The summed E-state index contributed by atoms with van der Waals surface area (Å²) in [7, 11) is 0. The number of hydroxylamine groups is 1. The van der Waals surface area contributed by atoms with Crippen LogP contribution in [0, 0.1) is 5.21 Å². The van der Waals surface area contributed by atoms with Gasteiger partial charge in [0.1, 0.15) is 0 Å². The van der Waals surface area contributed by atoms with Crippen molar-refractivity contribution in [2.45, 2.75) is 51.9 Å². The lowest BCUT2D eigenvalue weighted by atomic mass is 10.1. The maximum Gasteiger partial charge on any atom is 0.197 e. The highest BCUT2D eigenvalue weighted by atomic mass is 16.6. The lowest BCUT2D eigenvalue weighted by Gasteiger charge is -1.99. The van der Waals surface area contributed by atoms with Gasteiger partial charge in [0.05, 0.1) is 0 Å². The Morgan fingerprint density at radius 3 is 2.15 bits per heavy atom. The SMILES string of the molecule is CCCCCCCCC[N+]([O-])=NO. The van der Waals surface area contributed by atoms with Gasteiger partial charge in [0.15, 0.2) is 11.8 Å². The Labute approximate surface area is 79.8 Å². The summed E-state index contributed by atoms with van der Waals surface area (Å²) in [6.45, 7) is 2.50. The lowest BCUT2D eigenvalue weighted by Crippen LogP contribution is -2.01. The molecule has 0 amide bonds. The molecule has 0 atom stereocenters. The molecule has 4 heteroatoms. The van der Waals surface area contributed by atoms with E-state index in [2.05, 4.69) is 12.2 Å². The standard InChI is InChI=1S/C9H20N2O2/c1-2-3-4-5-6-7-8-9-11(13)10-12/h12H,2-9H2,1H3. The largest absolute Gasteiger partial charge is 0.597 e. The molecule has 0 saturated heterocycles. The number of hydrogen-bond donors (Lipinski definition) is 1. The molecule has 0 heterocycles. The first-order valence-corrected chi connectivity index (χ1v) is 5.11. The number of nitrogens with zero attached hydrogens (tertiary/aromatic N) is 2. The van der Waals surface area contributed by atoms with Gasteiger partial charge >= 0.3 is 0 Å². The normalized spacial score (nSPS) is 11.9. The van der Waals surface area contributed by atoms with Gasteiger partial charge in [0.25, 0.3) is 0 Å². The topological polar surface area (TPSA) is 58.7 Å². The molecule has 1 N–H and O–H groups in total. The van der Waals surface area contributed by atoms with Crippen molar-refractivity contribution < 1.29 is 10.1 Å². The van der Waals surface area contributed by atoms with Crippen molar-refractivity contribution in [2.24, 2.45) is 5.28 Å².